The van der Waals surface area contributed by atoms with Crippen LogP contribution in [0.15, 0.2) is 0 Å². The lowest BCUT2D eigenvalue weighted by Crippen LogP contribution is -2.25. The minimum atomic E-state index is 0.407. The van der Waals surface area contributed by atoms with Crippen molar-refractivity contribution in [1.29, 1.82) is 0 Å². The Morgan fingerprint density at radius 1 is 1.42 bits per heavy atom. The average molecular weight is 190 g/mol. The summed E-state index contributed by atoms with van der Waals surface area (Å²) in [5.74, 6) is 0. The third kappa shape index (κ3) is 3.77. The molecule has 0 saturated carbocycles. The van der Waals surface area contributed by atoms with Gasteiger partial charge in [0.05, 0.1) is 0 Å². The Labute approximate surface area is 81.1 Å². The highest BCUT2D eigenvalue weighted by molar-refractivity contribution is 6.20. The first-order valence-corrected chi connectivity index (χ1v) is 5.27. The average Bonchev–Trinajstić information content (AvgIpc) is 2.30. The predicted octanol–water partition coefficient (Wildman–Crippen LogP) is 2.74. The summed E-state index contributed by atoms with van der Waals surface area (Å²) < 4.78 is 0. The normalized spacial score (nSPS) is 26.5. The predicted molar refractivity (Wildman–Crippen MR) is 54.8 cm³/mol. The number of nitrogens with zero attached hydrogens (tertiary/aromatic N) is 1. The van der Waals surface area contributed by atoms with Gasteiger partial charge in [-0.15, -0.1) is 11.6 Å². The third-order valence-corrected chi connectivity index (χ3v) is 2.75. The molecule has 1 fully saturated rings. The summed E-state index contributed by atoms with van der Waals surface area (Å²) >= 11 is 6.02. The Hall–Kier alpha value is 0.250. The quantitative estimate of drug-likeness (QED) is 0.604. The molecule has 1 unspecified atom stereocenters. The fourth-order valence-electron chi connectivity index (χ4n) is 1.48. The van der Waals surface area contributed by atoms with E-state index in [1.54, 1.807) is 0 Å². The lowest BCUT2D eigenvalue weighted by atomic mass is 9.92. The van der Waals surface area contributed by atoms with Gasteiger partial charge in [0.1, 0.15) is 0 Å². The van der Waals surface area contributed by atoms with Crippen LogP contribution >= 0.6 is 11.6 Å². The van der Waals surface area contributed by atoms with Gasteiger partial charge in [-0.3, -0.25) is 0 Å². The van der Waals surface area contributed by atoms with Gasteiger partial charge in [0.2, 0.25) is 0 Å². The van der Waals surface area contributed by atoms with E-state index in [4.69, 9.17) is 11.6 Å². The second-order valence-corrected chi connectivity index (χ2v) is 5.61. The Morgan fingerprint density at radius 2 is 2.08 bits per heavy atom. The van der Waals surface area contributed by atoms with E-state index in [1.165, 1.54) is 25.9 Å². The maximum atomic E-state index is 6.02. The summed E-state index contributed by atoms with van der Waals surface area (Å²) in [5, 5.41) is 0.407. The summed E-state index contributed by atoms with van der Waals surface area (Å²) in [7, 11) is 0. The molecule has 0 aromatic carbocycles. The van der Waals surface area contributed by atoms with Gasteiger partial charge in [0.15, 0.2) is 0 Å². The van der Waals surface area contributed by atoms with Crippen molar-refractivity contribution < 1.29 is 0 Å². The summed E-state index contributed by atoms with van der Waals surface area (Å²) in [6, 6.07) is 0. The van der Waals surface area contributed by atoms with Gasteiger partial charge >= 0.3 is 0 Å². The smallest absolute Gasteiger partial charge is 0.0475 e. The molecule has 72 valence electrons. The van der Waals surface area contributed by atoms with E-state index >= 15 is 0 Å². The van der Waals surface area contributed by atoms with E-state index in [0.717, 1.165) is 6.54 Å². The first kappa shape index (κ1) is 10.3. The van der Waals surface area contributed by atoms with Crippen LogP contribution in [0.1, 0.15) is 33.6 Å². The molecule has 1 nitrogen and oxygen atoms in total. The van der Waals surface area contributed by atoms with Crippen molar-refractivity contribution in [3.8, 4) is 0 Å². The van der Waals surface area contributed by atoms with Crippen LogP contribution in [0.3, 0.4) is 0 Å². The Morgan fingerprint density at radius 3 is 2.50 bits per heavy atom. The molecule has 0 bridgehead atoms. The van der Waals surface area contributed by atoms with Crippen molar-refractivity contribution in [1.82, 2.24) is 4.90 Å². The topological polar surface area (TPSA) is 3.24 Å². The molecule has 1 aliphatic heterocycles. The van der Waals surface area contributed by atoms with Crippen LogP contribution in [0.25, 0.3) is 0 Å². The van der Waals surface area contributed by atoms with Crippen molar-refractivity contribution in [2.24, 2.45) is 5.41 Å². The number of hydrogen-bond acceptors (Lipinski definition) is 1. The van der Waals surface area contributed by atoms with Gasteiger partial charge in [-0.05, 0) is 31.3 Å². The van der Waals surface area contributed by atoms with Crippen LogP contribution in [-0.2, 0) is 0 Å². The molecule has 0 aliphatic carbocycles. The van der Waals surface area contributed by atoms with Crippen LogP contribution in [0.2, 0.25) is 0 Å². The molecule has 0 radical (unpaired) electrons. The van der Waals surface area contributed by atoms with Crippen LogP contribution in [0, 0.1) is 5.41 Å². The Kier molecular flexibility index (Phi) is 3.42. The number of rotatable bonds is 2. The maximum absolute atomic E-state index is 6.02. The van der Waals surface area contributed by atoms with E-state index in [1.807, 2.05) is 0 Å². The zero-order chi connectivity index (χ0) is 9.19. The summed E-state index contributed by atoms with van der Waals surface area (Å²) in [5.41, 5.74) is 0.463. The van der Waals surface area contributed by atoms with Gasteiger partial charge in [-0.1, -0.05) is 20.8 Å². The molecule has 0 aromatic rings. The van der Waals surface area contributed by atoms with E-state index < -0.39 is 0 Å². The Bertz CT molecular complexity index is 139. The van der Waals surface area contributed by atoms with Crippen molar-refractivity contribution in [3.05, 3.63) is 0 Å². The van der Waals surface area contributed by atoms with E-state index in [2.05, 4.69) is 25.7 Å². The minimum absolute atomic E-state index is 0.407. The maximum Gasteiger partial charge on any atom is 0.0475 e. The zero-order valence-corrected chi connectivity index (χ0v) is 9.19. The fourth-order valence-corrected chi connectivity index (χ4v) is 1.77. The Balaban J connectivity index is 2.16. The second-order valence-electron chi connectivity index (χ2n) is 5.00. The summed E-state index contributed by atoms with van der Waals surface area (Å²) in [4.78, 5) is 2.48. The molecule has 1 aliphatic rings. The summed E-state index contributed by atoms with van der Waals surface area (Å²) in [6.45, 7) is 10.4. The zero-order valence-electron chi connectivity index (χ0n) is 8.44. The van der Waals surface area contributed by atoms with Gasteiger partial charge in [-0.2, -0.15) is 0 Å². The standard InChI is InChI=1S/C10H20ClN/c1-10(2,3)5-7-12-6-4-9(11)8-12/h9H,4-8H2,1-3H3. The van der Waals surface area contributed by atoms with Crippen LogP contribution in [0.5, 0.6) is 0 Å². The van der Waals surface area contributed by atoms with Gasteiger partial charge in [0, 0.05) is 11.9 Å². The van der Waals surface area contributed by atoms with Gasteiger partial charge < -0.3 is 4.90 Å². The molecule has 1 heterocycles. The lowest BCUT2D eigenvalue weighted by molar-refractivity contribution is 0.266. The van der Waals surface area contributed by atoms with E-state index in [0.29, 0.717) is 10.8 Å². The van der Waals surface area contributed by atoms with Crippen molar-refractivity contribution >= 4 is 11.6 Å². The molecule has 2 heteroatoms. The number of hydrogen-bond donors (Lipinski definition) is 0. The molecule has 0 N–H and O–H groups in total. The largest absolute Gasteiger partial charge is 0.302 e. The first-order valence-electron chi connectivity index (χ1n) is 4.84. The first-order chi connectivity index (χ1) is 5.47. The number of alkyl halides is 1. The molecular formula is C10H20ClN. The molecule has 0 amide bonds. The third-order valence-electron chi connectivity index (χ3n) is 2.39. The molecule has 1 saturated heterocycles. The second kappa shape index (κ2) is 3.97. The molecular weight excluding hydrogens is 170 g/mol. The highest BCUT2D eigenvalue weighted by Gasteiger charge is 2.21. The molecule has 1 atom stereocenters. The van der Waals surface area contributed by atoms with E-state index in [-0.39, 0.29) is 0 Å². The molecule has 0 aromatic heterocycles. The minimum Gasteiger partial charge on any atom is -0.302 e. The van der Waals surface area contributed by atoms with Crippen LogP contribution in [-0.4, -0.2) is 29.9 Å². The van der Waals surface area contributed by atoms with Crippen LogP contribution < -0.4 is 0 Å². The van der Waals surface area contributed by atoms with E-state index in [9.17, 15) is 0 Å². The SMILES string of the molecule is CC(C)(C)CCN1CCC(Cl)C1. The number of halogens is 1. The lowest BCUT2D eigenvalue weighted by Gasteiger charge is -2.22. The highest BCUT2D eigenvalue weighted by Crippen LogP contribution is 2.21. The highest BCUT2D eigenvalue weighted by atomic mass is 35.5. The molecule has 12 heavy (non-hydrogen) atoms. The molecule has 1 rings (SSSR count). The number of likely N-dealkylation sites (tertiary alicyclic amines) is 1. The monoisotopic (exact) mass is 189 g/mol. The van der Waals surface area contributed by atoms with Crippen molar-refractivity contribution in [3.63, 3.8) is 0 Å². The summed E-state index contributed by atoms with van der Waals surface area (Å²) in [6.07, 6.45) is 2.45. The van der Waals surface area contributed by atoms with Crippen LogP contribution in [0.4, 0.5) is 0 Å². The van der Waals surface area contributed by atoms with Crippen molar-refractivity contribution in [2.75, 3.05) is 19.6 Å². The van der Waals surface area contributed by atoms with Gasteiger partial charge in [-0.25, -0.2) is 0 Å². The molecule has 0 spiro atoms. The fraction of sp³-hybridized carbons (Fsp3) is 1.00. The van der Waals surface area contributed by atoms with Crippen molar-refractivity contribution in [2.45, 2.75) is 39.0 Å². The van der Waals surface area contributed by atoms with Gasteiger partial charge in [0.25, 0.3) is 0 Å².